The Labute approximate surface area is 110 Å². The molecule has 5 heteroatoms. The molecule has 4 N–H and O–H groups in total. The summed E-state index contributed by atoms with van der Waals surface area (Å²) < 4.78 is 0. The fraction of sp³-hybridized carbons (Fsp3) is 1.00. The summed E-state index contributed by atoms with van der Waals surface area (Å²) in [5.41, 5.74) is 0. The molecule has 0 aromatic rings. The van der Waals surface area contributed by atoms with Crippen LogP contribution in [0.4, 0.5) is 0 Å². The minimum absolute atomic E-state index is 0.137. The number of hydrogen-bond acceptors (Lipinski definition) is 5. The van der Waals surface area contributed by atoms with Crippen LogP contribution in [0.1, 0.15) is 26.2 Å². The number of hydrogen-bond donors (Lipinski definition) is 4. The Morgan fingerprint density at radius 2 is 1.72 bits per heavy atom. The Hall–Kier alpha value is -0.200. The molecule has 0 aliphatic heterocycles. The second kappa shape index (κ2) is 8.82. The fourth-order valence-corrected chi connectivity index (χ4v) is 2.96. The highest BCUT2D eigenvalue weighted by Crippen LogP contribution is 2.28. The highest BCUT2D eigenvalue weighted by Gasteiger charge is 2.31. The Bertz CT molecular complexity index is 208. The van der Waals surface area contributed by atoms with Crippen molar-refractivity contribution in [2.24, 2.45) is 5.92 Å². The standard InChI is InChI=1S/C13H28N2O3/c1-11-2-3-12(14-4-7-16)10-13(11)15(5-8-17)6-9-18/h11-14,16-18H,2-10H2,1H3. The van der Waals surface area contributed by atoms with E-state index in [-0.39, 0.29) is 19.8 Å². The highest BCUT2D eigenvalue weighted by atomic mass is 16.3. The molecule has 1 aliphatic rings. The van der Waals surface area contributed by atoms with Crippen molar-refractivity contribution in [3.05, 3.63) is 0 Å². The van der Waals surface area contributed by atoms with Gasteiger partial charge in [-0.25, -0.2) is 0 Å². The zero-order chi connectivity index (χ0) is 13.4. The van der Waals surface area contributed by atoms with Crippen LogP contribution >= 0.6 is 0 Å². The molecule has 0 aromatic carbocycles. The minimum Gasteiger partial charge on any atom is -0.395 e. The van der Waals surface area contributed by atoms with Crippen LogP contribution in [0.15, 0.2) is 0 Å². The molecule has 0 radical (unpaired) electrons. The maximum absolute atomic E-state index is 9.12. The summed E-state index contributed by atoms with van der Waals surface area (Å²) in [6.07, 6.45) is 3.33. The zero-order valence-corrected chi connectivity index (χ0v) is 11.4. The largest absolute Gasteiger partial charge is 0.395 e. The van der Waals surface area contributed by atoms with Crippen molar-refractivity contribution in [2.45, 2.75) is 38.3 Å². The van der Waals surface area contributed by atoms with E-state index >= 15 is 0 Å². The van der Waals surface area contributed by atoms with Crippen molar-refractivity contribution in [3.8, 4) is 0 Å². The highest BCUT2D eigenvalue weighted by molar-refractivity contribution is 4.88. The number of nitrogens with one attached hydrogen (secondary N) is 1. The monoisotopic (exact) mass is 260 g/mol. The lowest BCUT2D eigenvalue weighted by atomic mass is 9.82. The number of aliphatic hydroxyl groups excluding tert-OH is 3. The van der Waals surface area contributed by atoms with E-state index in [4.69, 9.17) is 15.3 Å². The van der Waals surface area contributed by atoms with Crippen LogP contribution in [-0.2, 0) is 0 Å². The summed E-state index contributed by atoms with van der Waals surface area (Å²) in [7, 11) is 0. The van der Waals surface area contributed by atoms with E-state index in [9.17, 15) is 0 Å². The predicted octanol–water partition coefficient (Wildman–Crippen LogP) is -0.588. The maximum atomic E-state index is 9.12. The molecular weight excluding hydrogens is 232 g/mol. The van der Waals surface area contributed by atoms with Crippen LogP contribution in [-0.4, -0.2) is 71.8 Å². The molecule has 0 bridgehead atoms. The number of nitrogens with zero attached hydrogens (tertiary/aromatic N) is 1. The van der Waals surface area contributed by atoms with Crippen LogP contribution in [0.3, 0.4) is 0 Å². The van der Waals surface area contributed by atoms with Crippen LogP contribution in [0.2, 0.25) is 0 Å². The van der Waals surface area contributed by atoms with Gasteiger partial charge in [-0.2, -0.15) is 0 Å². The predicted molar refractivity (Wildman–Crippen MR) is 71.4 cm³/mol. The van der Waals surface area contributed by atoms with Gasteiger partial charge in [-0.3, -0.25) is 4.90 Å². The average molecular weight is 260 g/mol. The van der Waals surface area contributed by atoms with E-state index in [1.807, 2.05) is 0 Å². The van der Waals surface area contributed by atoms with Gasteiger partial charge in [0.25, 0.3) is 0 Å². The zero-order valence-electron chi connectivity index (χ0n) is 11.4. The summed E-state index contributed by atoms with van der Waals surface area (Å²) in [5.74, 6) is 0.593. The normalized spacial score (nSPS) is 28.8. The molecule has 1 rings (SSSR count). The van der Waals surface area contributed by atoms with Crippen molar-refractivity contribution < 1.29 is 15.3 Å². The molecular formula is C13H28N2O3. The molecule has 18 heavy (non-hydrogen) atoms. The molecule has 0 spiro atoms. The first-order chi connectivity index (χ1) is 8.72. The van der Waals surface area contributed by atoms with Gasteiger partial charge in [0, 0.05) is 31.7 Å². The van der Waals surface area contributed by atoms with E-state index in [1.54, 1.807) is 0 Å². The third-order valence-electron chi connectivity index (χ3n) is 3.94. The quantitative estimate of drug-likeness (QED) is 0.469. The summed E-state index contributed by atoms with van der Waals surface area (Å²) in [6, 6.07) is 0.854. The van der Waals surface area contributed by atoms with Crippen LogP contribution in [0, 0.1) is 5.92 Å². The maximum Gasteiger partial charge on any atom is 0.0558 e. The number of rotatable bonds is 8. The van der Waals surface area contributed by atoms with Crippen molar-refractivity contribution >= 4 is 0 Å². The first-order valence-corrected chi connectivity index (χ1v) is 7.03. The van der Waals surface area contributed by atoms with Crippen molar-refractivity contribution in [1.29, 1.82) is 0 Å². The molecule has 1 saturated carbocycles. The van der Waals surface area contributed by atoms with Crippen LogP contribution < -0.4 is 5.32 Å². The van der Waals surface area contributed by atoms with E-state index in [0.29, 0.717) is 37.6 Å². The summed E-state index contributed by atoms with van der Waals surface area (Å²) in [5, 5.41) is 30.4. The van der Waals surface area contributed by atoms with Gasteiger partial charge in [-0.15, -0.1) is 0 Å². The van der Waals surface area contributed by atoms with Crippen LogP contribution in [0.5, 0.6) is 0 Å². The second-order valence-corrected chi connectivity index (χ2v) is 5.22. The van der Waals surface area contributed by atoms with Gasteiger partial charge in [-0.05, 0) is 25.2 Å². The molecule has 0 heterocycles. The van der Waals surface area contributed by atoms with Crippen molar-refractivity contribution in [2.75, 3.05) is 39.5 Å². The summed E-state index contributed by atoms with van der Waals surface area (Å²) >= 11 is 0. The van der Waals surface area contributed by atoms with Crippen molar-refractivity contribution in [3.63, 3.8) is 0 Å². The topological polar surface area (TPSA) is 76.0 Å². The van der Waals surface area contributed by atoms with Crippen molar-refractivity contribution in [1.82, 2.24) is 10.2 Å². The Kier molecular flexibility index (Phi) is 7.77. The second-order valence-electron chi connectivity index (χ2n) is 5.22. The number of aliphatic hydroxyl groups is 3. The summed E-state index contributed by atoms with van der Waals surface area (Å²) in [6.45, 7) is 4.59. The van der Waals surface area contributed by atoms with Gasteiger partial charge in [0.1, 0.15) is 0 Å². The van der Waals surface area contributed by atoms with E-state index in [1.165, 1.54) is 0 Å². The first-order valence-electron chi connectivity index (χ1n) is 7.03. The molecule has 108 valence electrons. The van der Waals surface area contributed by atoms with Gasteiger partial charge in [0.2, 0.25) is 0 Å². The molecule has 0 saturated heterocycles. The SMILES string of the molecule is CC1CCC(NCCO)CC1N(CCO)CCO. The first kappa shape index (κ1) is 15.9. The van der Waals surface area contributed by atoms with Gasteiger partial charge < -0.3 is 20.6 Å². The Morgan fingerprint density at radius 3 is 2.28 bits per heavy atom. The van der Waals surface area contributed by atoms with Gasteiger partial charge in [0.05, 0.1) is 19.8 Å². The minimum atomic E-state index is 0.137. The lowest BCUT2D eigenvalue weighted by Crippen LogP contribution is -2.50. The Morgan fingerprint density at radius 1 is 1.06 bits per heavy atom. The third-order valence-corrected chi connectivity index (χ3v) is 3.94. The lowest BCUT2D eigenvalue weighted by Gasteiger charge is -2.41. The Balaban J connectivity index is 2.52. The van der Waals surface area contributed by atoms with Gasteiger partial charge in [-0.1, -0.05) is 6.92 Å². The average Bonchev–Trinajstić information content (AvgIpc) is 2.37. The van der Waals surface area contributed by atoms with E-state index in [2.05, 4.69) is 17.1 Å². The van der Waals surface area contributed by atoms with Gasteiger partial charge >= 0.3 is 0 Å². The lowest BCUT2D eigenvalue weighted by molar-refractivity contribution is 0.0623. The summed E-state index contributed by atoms with van der Waals surface area (Å²) in [4.78, 5) is 2.19. The van der Waals surface area contributed by atoms with Crippen LogP contribution in [0.25, 0.3) is 0 Å². The van der Waals surface area contributed by atoms with E-state index in [0.717, 1.165) is 19.3 Å². The molecule has 0 amide bonds. The molecule has 1 aliphatic carbocycles. The molecule has 3 unspecified atom stereocenters. The molecule has 1 fully saturated rings. The molecule has 5 nitrogen and oxygen atoms in total. The third kappa shape index (κ3) is 4.82. The fourth-order valence-electron chi connectivity index (χ4n) is 2.96. The van der Waals surface area contributed by atoms with E-state index < -0.39 is 0 Å². The molecule has 0 aromatic heterocycles. The molecule has 3 atom stereocenters. The smallest absolute Gasteiger partial charge is 0.0558 e. The van der Waals surface area contributed by atoms with Gasteiger partial charge in [0.15, 0.2) is 0 Å².